The average Bonchev–Trinajstić information content (AvgIpc) is 3.17. The van der Waals surface area contributed by atoms with E-state index in [0.717, 1.165) is 11.1 Å². The van der Waals surface area contributed by atoms with E-state index < -0.39 is 17.4 Å². The second-order valence-corrected chi connectivity index (χ2v) is 6.25. The summed E-state index contributed by atoms with van der Waals surface area (Å²) >= 11 is 0. The molecule has 29 heavy (non-hydrogen) atoms. The topological polar surface area (TPSA) is 112 Å². The van der Waals surface area contributed by atoms with Crippen molar-refractivity contribution in [1.82, 2.24) is 5.43 Å². The number of nitro groups is 1. The molecule has 0 fully saturated rings. The van der Waals surface area contributed by atoms with E-state index in [-0.39, 0.29) is 18.2 Å². The fourth-order valence-electron chi connectivity index (χ4n) is 2.49. The fraction of sp³-hybridized carbons (Fsp3) is 0.200. The zero-order chi connectivity index (χ0) is 20.8. The lowest BCUT2D eigenvalue weighted by Crippen LogP contribution is -2.25. The van der Waals surface area contributed by atoms with Crippen molar-refractivity contribution >= 4 is 23.4 Å². The van der Waals surface area contributed by atoms with Gasteiger partial charge in [0.05, 0.1) is 10.6 Å². The third-order valence-electron chi connectivity index (χ3n) is 3.94. The summed E-state index contributed by atoms with van der Waals surface area (Å²) in [6, 6.07) is 10.0. The zero-order valence-corrected chi connectivity index (χ0v) is 15.9. The van der Waals surface area contributed by atoms with Crippen LogP contribution in [-0.2, 0) is 4.79 Å². The highest BCUT2D eigenvalue weighted by atomic mass is 16.7. The van der Waals surface area contributed by atoms with Crippen molar-refractivity contribution in [2.24, 2.45) is 5.10 Å². The highest BCUT2D eigenvalue weighted by Gasteiger charge is 2.16. The first-order chi connectivity index (χ1) is 13.9. The molecule has 0 saturated carbocycles. The molecule has 1 aliphatic rings. The largest absolute Gasteiger partial charge is 0.477 e. The van der Waals surface area contributed by atoms with Gasteiger partial charge in [-0.25, -0.2) is 5.43 Å². The molecular formula is C20H19N3O6. The molecule has 0 atom stereocenters. The van der Waals surface area contributed by atoms with Gasteiger partial charge in [0, 0.05) is 6.07 Å². The van der Waals surface area contributed by atoms with Crippen molar-refractivity contribution in [2.45, 2.75) is 13.8 Å². The standard InChI is InChI=1S/C20H19N3O6/c1-13-3-7-17(16(9-13)23(25)26)27-11-20(24)22-21-14(2)4-5-15-6-8-18-19(10-15)29-12-28-18/h3-10H,11-12H2,1-2H3,(H,22,24)/b5-4+,21-14+. The van der Waals surface area contributed by atoms with E-state index in [1.807, 2.05) is 24.3 Å². The molecule has 3 rings (SSSR count). The van der Waals surface area contributed by atoms with Gasteiger partial charge in [0.1, 0.15) is 0 Å². The second kappa shape index (κ2) is 8.87. The van der Waals surface area contributed by atoms with Crippen LogP contribution in [0.2, 0.25) is 0 Å². The molecule has 9 nitrogen and oxygen atoms in total. The molecule has 1 amide bonds. The third kappa shape index (κ3) is 5.32. The smallest absolute Gasteiger partial charge is 0.311 e. The minimum absolute atomic E-state index is 0.0270. The Morgan fingerprint density at radius 1 is 1.28 bits per heavy atom. The van der Waals surface area contributed by atoms with Crippen LogP contribution in [-0.4, -0.2) is 29.9 Å². The van der Waals surface area contributed by atoms with Crippen molar-refractivity contribution in [3.8, 4) is 17.2 Å². The van der Waals surface area contributed by atoms with Crippen molar-refractivity contribution in [2.75, 3.05) is 13.4 Å². The van der Waals surface area contributed by atoms with Crippen molar-refractivity contribution in [1.29, 1.82) is 0 Å². The van der Waals surface area contributed by atoms with E-state index >= 15 is 0 Å². The molecule has 0 bridgehead atoms. The van der Waals surface area contributed by atoms with E-state index in [4.69, 9.17) is 14.2 Å². The Hall–Kier alpha value is -3.88. The average molecular weight is 397 g/mol. The summed E-state index contributed by atoms with van der Waals surface area (Å²) in [5.74, 6) is 0.876. The van der Waals surface area contributed by atoms with Crippen LogP contribution in [0.15, 0.2) is 47.6 Å². The Balaban J connectivity index is 1.53. The summed E-state index contributed by atoms with van der Waals surface area (Å²) in [4.78, 5) is 22.4. The number of benzene rings is 2. The summed E-state index contributed by atoms with van der Waals surface area (Å²) < 4.78 is 15.8. The minimum atomic E-state index is -0.552. The van der Waals surface area contributed by atoms with Crippen LogP contribution in [0.4, 0.5) is 5.69 Å². The van der Waals surface area contributed by atoms with Crippen molar-refractivity contribution in [3.05, 3.63) is 63.7 Å². The van der Waals surface area contributed by atoms with Crippen LogP contribution in [0, 0.1) is 17.0 Å². The Kier molecular flexibility index (Phi) is 6.08. The third-order valence-corrected chi connectivity index (χ3v) is 3.94. The van der Waals surface area contributed by atoms with Crippen LogP contribution < -0.4 is 19.6 Å². The van der Waals surface area contributed by atoms with Gasteiger partial charge < -0.3 is 14.2 Å². The number of nitrogens with one attached hydrogen (secondary N) is 1. The number of allylic oxidation sites excluding steroid dienone is 1. The number of nitrogens with zero attached hydrogens (tertiary/aromatic N) is 2. The molecule has 0 aliphatic carbocycles. The van der Waals surface area contributed by atoms with Crippen LogP contribution in [0.3, 0.4) is 0 Å². The predicted molar refractivity (Wildman–Crippen MR) is 106 cm³/mol. The lowest BCUT2D eigenvalue weighted by Gasteiger charge is -2.06. The van der Waals surface area contributed by atoms with Gasteiger partial charge in [-0.2, -0.15) is 5.10 Å². The molecule has 150 valence electrons. The number of carbonyl (C=O) groups excluding carboxylic acids is 1. The van der Waals surface area contributed by atoms with Gasteiger partial charge in [0.15, 0.2) is 23.9 Å². The number of hydrogen-bond donors (Lipinski definition) is 1. The summed E-state index contributed by atoms with van der Waals surface area (Å²) in [6.45, 7) is 3.27. The molecule has 2 aromatic rings. The number of carbonyl (C=O) groups is 1. The highest BCUT2D eigenvalue weighted by Crippen LogP contribution is 2.32. The number of fused-ring (bicyclic) bond motifs is 1. The molecule has 2 aromatic carbocycles. The molecule has 0 spiro atoms. The molecule has 0 aromatic heterocycles. The van der Waals surface area contributed by atoms with Gasteiger partial charge in [-0.3, -0.25) is 14.9 Å². The van der Waals surface area contributed by atoms with Crippen LogP contribution in [0.25, 0.3) is 6.08 Å². The Bertz CT molecular complexity index is 1000. The quantitative estimate of drug-likeness (QED) is 0.436. The fourth-order valence-corrected chi connectivity index (χ4v) is 2.49. The molecule has 9 heteroatoms. The number of nitro benzene ring substituents is 1. The van der Waals surface area contributed by atoms with E-state index in [9.17, 15) is 14.9 Å². The summed E-state index contributed by atoms with van der Waals surface area (Å²) in [5, 5.41) is 15.0. The Morgan fingerprint density at radius 2 is 2.07 bits per heavy atom. The number of hydrogen-bond acceptors (Lipinski definition) is 7. The number of hydrazone groups is 1. The first-order valence-corrected chi connectivity index (χ1v) is 8.71. The Morgan fingerprint density at radius 3 is 2.86 bits per heavy atom. The molecule has 1 heterocycles. The van der Waals surface area contributed by atoms with Crippen LogP contribution in [0.1, 0.15) is 18.1 Å². The normalized spacial score (nSPS) is 12.8. The van der Waals surface area contributed by atoms with Gasteiger partial charge in [0.2, 0.25) is 6.79 Å². The van der Waals surface area contributed by atoms with E-state index in [0.29, 0.717) is 17.2 Å². The van der Waals surface area contributed by atoms with Gasteiger partial charge in [-0.1, -0.05) is 18.2 Å². The molecule has 1 aliphatic heterocycles. The van der Waals surface area contributed by atoms with Gasteiger partial charge in [-0.05, 0) is 49.2 Å². The molecule has 0 unspecified atom stereocenters. The number of amides is 1. The second-order valence-electron chi connectivity index (χ2n) is 6.25. The lowest BCUT2D eigenvalue weighted by atomic mass is 10.2. The first-order valence-electron chi connectivity index (χ1n) is 8.71. The monoisotopic (exact) mass is 397 g/mol. The number of ether oxygens (including phenoxy) is 3. The molecule has 0 saturated heterocycles. The predicted octanol–water partition coefficient (Wildman–Crippen LogP) is 3.22. The van der Waals surface area contributed by atoms with Crippen LogP contribution >= 0.6 is 0 Å². The van der Waals surface area contributed by atoms with E-state index in [1.54, 1.807) is 26.0 Å². The first kappa shape index (κ1) is 19.9. The van der Waals surface area contributed by atoms with Crippen molar-refractivity contribution < 1.29 is 23.9 Å². The maximum absolute atomic E-state index is 11.9. The number of aryl methyl sites for hydroxylation is 1. The SMILES string of the molecule is CC(/C=C/c1ccc2c(c1)OCO2)=N\NC(=O)COc1ccc(C)cc1[N+](=O)[O-]. The van der Waals surface area contributed by atoms with Gasteiger partial charge in [0.25, 0.3) is 5.91 Å². The lowest BCUT2D eigenvalue weighted by molar-refractivity contribution is -0.385. The maximum Gasteiger partial charge on any atom is 0.311 e. The molecule has 0 radical (unpaired) electrons. The van der Waals surface area contributed by atoms with Crippen LogP contribution in [0.5, 0.6) is 17.2 Å². The van der Waals surface area contributed by atoms with Gasteiger partial charge in [-0.15, -0.1) is 0 Å². The number of rotatable bonds is 7. The highest BCUT2D eigenvalue weighted by molar-refractivity contribution is 5.97. The van der Waals surface area contributed by atoms with E-state index in [2.05, 4.69) is 10.5 Å². The maximum atomic E-state index is 11.9. The molecular weight excluding hydrogens is 378 g/mol. The summed E-state index contributed by atoms with van der Waals surface area (Å²) in [5.41, 5.74) is 4.33. The summed E-state index contributed by atoms with van der Waals surface area (Å²) in [6.07, 6.45) is 3.54. The van der Waals surface area contributed by atoms with Crippen molar-refractivity contribution in [3.63, 3.8) is 0 Å². The minimum Gasteiger partial charge on any atom is -0.477 e. The summed E-state index contributed by atoms with van der Waals surface area (Å²) in [7, 11) is 0. The Labute approximate surface area is 166 Å². The van der Waals surface area contributed by atoms with E-state index in [1.165, 1.54) is 12.1 Å². The molecule has 1 N–H and O–H groups in total. The zero-order valence-electron chi connectivity index (χ0n) is 15.9. The van der Waals surface area contributed by atoms with Gasteiger partial charge >= 0.3 is 5.69 Å².